The predicted molar refractivity (Wildman–Crippen MR) is 55.1 cm³/mol. The molecule has 1 aliphatic heterocycles. The molecule has 1 heterocycles. The van der Waals surface area contributed by atoms with Gasteiger partial charge in [-0.3, -0.25) is 4.79 Å². The first-order valence-electron chi connectivity index (χ1n) is 5.76. The van der Waals surface area contributed by atoms with E-state index in [1.165, 1.54) is 0 Å². The second-order valence-electron chi connectivity index (χ2n) is 4.82. The number of rotatable bonds is 2. The lowest BCUT2D eigenvalue weighted by atomic mass is 9.81. The zero-order valence-corrected chi connectivity index (χ0v) is 9.16. The minimum Gasteiger partial charge on any atom is -0.375 e. The van der Waals surface area contributed by atoms with Crippen LogP contribution in [0.2, 0.25) is 0 Å². The van der Waals surface area contributed by atoms with Crippen LogP contribution in [0.15, 0.2) is 0 Å². The number of Topliss-reactive ketones (excluding diaryl/α,β-unsaturated/α-hetero) is 1. The molecule has 2 aliphatic rings. The zero-order chi connectivity index (χ0) is 10.9. The Labute approximate surface area is 90.4 Å². The third-order valence-electron chi connectivity index (χ3n) is 3.65. The van der Waals surface area contributed by atoms with E-state index in [0.717, 1.165) is 25.7 Å². The van der Waals surface area contributed by atoms with Crippen molar-refractivity contribution in [3.8, 4) is 6.07 Å². The van der Waals surface area contributed by atoms with Crippen LogP contribution in [0.1, 0.15) is 45.4 Å². The number of nitriles is 1. The van der Waals surface area contributed by atoms with Crippen molar-refractivity contribution in [3.63, 3.8) is 0 Å². The van der Waals surface area contributed by atoms with E-state index in [1.807, 2.05) is 0 Å². The Morgan fingerprint density at radius 1 is 1.60 bits per heavy atom. The van der Waals surface area contributed by atoms with Crippen LogP contribution < -0.4 is 0 Å². The van der Waals surface area contributed by atoms with E-state index in [4.69, 9.17) is 4.74 Å². The van der Waals surface area contributed by atoms with E-state index in [1.54, 1.807) is 0 Å². The number of hydrogen-bond donors (Lipinski definition) is 0. The Bertz CT molecular complexity index is 307. The highest BCUT2D eigenvalue weighted by Gasteiger charge is 2.45. The fourth-order valence-electron chi connectivity index (χ4n) is 2.73. The highest BCUT2D eigenvalue weighted by atomic mass is 16.5. The highest BCUT2D eigenvalue weighted by Crippen LogP contribution is 2.41. The molecule has 0 spiro atoms. The summed E-state index contributed by atoms with van der Waals surface area (Å²) in [5, 5.41) is 9.19. The van der Waals surface area contributed by atoms with Crippen LogP contribution in [-0.2, 0) is 9.53 Å². The van der Waals surface area contributed by atoms with Crippen LogP contribution in [0.4, 0.5) is 0 Å². The van der Waals surface area contributed by atoms with Crippen LogP contribution in [0.25, 0.3) is 0 Å². The minimum atomic E-state index is -0.714. The molecule has 15 heavy (non-hydrogen) atoms. The number of carbonyl (C=O) groups is 1. The van der Waals surface area contributed by atoms with E-state index < -0.39 is 5.41 Å². The summed E-state index contributed by atoms with van der Waals surface area (Å²) in [6.45, 7) is 2.05. The van der Waals surface area contributed by atoms with E-state index in [-0.39, 0.29) is 11.9 Å². The molecule has 3 heteroatoms. The summed E-state index contributed by atoms with van der Waals surface area (Å²) in [6, 6.07) is 2.24. The Morgan fingerprint density at radius 3 is 2.87 bits per heavy atom. The van der Waals surface area contributed by atoms with E-state index in [0.29, 0.717) is 18.9 Å². The van der Waals surface area contributed by atoms with Gasteiger partial charge in [0.1, 0.15) is 5.41 Å². The average molecular weight is 207 g/mol. The first-order valence-corrected chi connectivity index (χ1v) is 5.76. The standard InChI is InChI=1S/C12H17NO2/c1-9-4-5-10(15-9)7-12(8-13)6-2-3-11(12)14/h9-10H,2-7H2,1H3. The summed E-state index contributed by atoms with van der Waals surface area (Å²) in [5.41, 5.74) is -0.714. The summed E-state index contributed by atoms with van der Waals surface area (Å²) in [4.78, 5) is 11.7. The van der Waals surface area contributed by atoms with Gasteiger partial charge in [-0.05, 0) is 39.0 Å². The first-order chi connectivity index (χ1) is 7.16. The monoisotopic (exact) mass is 207 g/mol. The first kappa shape index (κ1) is 10.6. The third kappa shape index (κ3) is 1.91. The number of nitrogens with zero attached hydrogens (tertiary/aromatic N) is 1. The van der Waals surface area contributed by atoms with Crippen molar-refractivity contribution in [2.45, 2.75) is 57.7 Å². The summed E-state index contributed by atoms with van der Waals surface area (Å²) in [6.07, 6.45) is 5.27. The van der Waals surface area contributed by atoms with Gasteiger partial charge in [-0.15, -0.1) is 0 Å². The Morgan fingerprint density at radius 2 is 2.40 bits per heavy atom. The van der Waals surface area contributed by atoms with Gasteiger partial charge in [0.15, 0.2) is 5.78 Å². The molecule has 82 valence electrons. The lowest BCUT2D eigenvalue weighted by molar-refractivity contribution is -0.124. The molecule has 0 bridgehead atoms. The Balaban J connectivity index is 2.03. The molecule has 2 rings (SSSR count). The topological polar surface area (TPSA) is 50.1 Å². The summed E-state index contributed by atoms with van der Waals surface area (Å²) in [7, 11) is 0. The van der Waals surface area contributed by atoms with E-state index in [2.05, 4.69) is 13.0 Å². The summed E-state index contributed by atoms with van der Waals surface area (Å²) < 4.78 is 5.70. The molecule has 0 amide bonds. The van der Waals surface area contributed by atoms with Crippen molar-refractivity contribution in [1.82, 2.24) is 0 Å². The fraction of sp³-hybridized carbons (Fsp3) is 0.833. The second kappa shape index (κ2) is 3.94. The van der Waals surface area contributed by atoms with Gasteiger partial charge in [-0.1, -0.05) is 0 Å². The van der Waals surface area contributed by atoms with Crippen molar-refractivity contribution in [3.05, 3.63) is 0 Å². The van der Waals surface area contributed by atoms with Crippen molar-refractivity contribution in [2.24, 2.45) is 5.41 Å². The normalized spacial score (nSPS) is 40.7. The quantitative estimate of drug-likeness (QED) is 0.697. The van der Waals surface area contributed by atoms with Crippen molar-refractivity contribution in [1.29, 1.82) is 5.26 Å². The molecular formula is C12H17NO2. The lowest BCUT2D eigenvalue weighted by Crippen LogP contribution is -2.29. The molecule has 2 fully saturated rings. The highest BCUT2D eigenvalue weighted by molar-refractivity contribution is 5.89. The van der Waals surface area contributed by atoms with Gasteiger partial charge in [0, 0.05) is 6.42 Å². The third-order valence-corrected chi connectivity index (χ3v) is 3.65. The molecule has 3 nitrogen and oxygen atoms in total. The number of hydrogen-bond acceptors (Lipinski definition) is 3. The fourth-order valence-corrected chi connectivity index (χ4v) is 2.73. The van der Waals surface area contributed by atoms with Gasteiger partial charge >= 0.3 is 0 Å². The van der Waals surface area contributed by atoms with Crippen molar-refractivity contribution in [2.75, 3.05) is 0 Å². The van der Waals surface area contributed by atoms with E-state index >= 15 is 0 Å². The van der Waals surface area contributed by atoms with Gasteiger partial charge in [0.25, 0.3) is 0 Å². The van der Waals surface area contributed by atoms with Crippen molar-refractivity contribution >= 4 is 5.78 Å². The number of carbonyl (C=O) groups excluding carboxylic acids is 1. The molecule has 0 radical (unpaired) electrons. The lowest BCUT2D eigenvalue weighted by Gasteiger charge is -2.22. The van der Waals surface area contributed by atoms with Gasteiger partial charge in [0.05, 0.1) is 18.3 Å². The largest absolute Gasteiger partial charge is 0.375 e. The van der Waals surface area contributed by atoms with Crippen LogP contribution >= 0.6 is 0 Å². The van der Waals surface area contributed by atoms with Gasteiger partial charge in [-0.2, -0.15) is 5.26 Å². The molecule has 0 aromatic rings. The summed E-state index contributed by atoms with van der Waals surface area (Å²) in [5.74, 6) is 0.133. The molecule has 3 unspecified atom stereocenters. The molecule has 0 aromatic carbocycles. The zero-order valence-electron chi connectivity index (χ0n) is 9.16. The molecule has 0 aromatic heterocycles. The SMILES string of the molecule is CC1CCC(CC2(C#N)CCCC2=O)O1. The van der Waals surface area contributed by atoms with E-state index in [9.17, 15) is 10.1 Å². The Kier molecular flexibility index (Phi) is 2.79. The molecule has 0 N–H and O–H groups in total. The maximum absolute atomic E-state index is 11.7. The van der Waals surface area contributed by atoms with Crippen LogP contribution in [-0.4, -0.2) is 18.0 Å². The molecule has 3 atom stereocenters. The van der Waals surface area contributed by atoms with Gasteiger partial charge in [-0.25, -0.2) is 0 Å². The smallest absolute Gasteiger partial charge is 0.153 e. The van der Waals surface area contributed by atoms with Gasteiger partial charge in [0.2, 0.25) is 0 Å². The van der Waals surface area contributed by atoms with Gasteiger partial charge < -0.3 is 4.74 Å². The van der Waals surface area contributed by atoms with Crippen LogP contribution in [0, 0.1) is 16.7 Å². The molecule has 1 aliphatic carbocycles. The predicted octanol–water partition coefficient (Wildman–Crippen LogP) is 2.21. The molecule has 1 saturated heterocycles. The number of ether oxygens (including phenoxy) is 1. The summed E-state index contributed by atoms with van der Waals surface area (Å²) >= 11 is 0. The minimum absolute atomic E-state index is 0.127. The van der Waals surface area contributed by atoms with Crippen LogP contribution in [0.3, 0.4) is 0 Å². The maximum Gasteiger partial charge on any atom is 0.153 e. The maximum atomic E-state index is 11.7. The van der Waals surface area contributed by atoms with Crippen molar-refractivity contribution < 1.29 is 9.53 Å². The second-order valence-corrected chi connectivity index (χ2v) is 4.82. The number of ketones is 1. The molecule has 1 saturated carbocycles. The molecular weight excluding hydrogens is 190 g/mol. The van der Waals surface area contributed by atoms with Crippen LogP contribution in [0.5, 0.6) is 0 Å². The Hall–Kier alpha value is -0.880. The average Bonchev–Trinajstić information content (AvgIpc) is 2.76.